The molecule has 39 heavy (non-hydrogen) atoms. The van der Waals surface area contributed by atoms with E-state index in [0.717, 1.165) is 40.8 Å². The van der Waals surface area contributed by atoms with Crippen molar-refractivity contribution in [1.29, 1.82) is 0 Å². The average Bonchev–Trinajstić information content (AvgIpc) is 3.23. The van der Waals surface area contributed by atoms with Gasteiger partial charge in [-0.3, -0.25) is 4.79 Å². The Labute approximate surface area is 223 Å². The molecular formula is C31H27F4NO3. The average molecular weight is 538 g/mol. The molecule has 4 nitrogen and oxygen atoms in total. The van der Waals surface area contributed by atoms with Crippen molar-refractivity contribution in [3.05, 3.63) is 94.8 Å². The summed E-state index contributed by atoms with van der Waals surface area (Å²) in [5.41, 5.74) is 3.04. The van der Waals surface area contributed by atoms with E-state index in [1.165, 1.54) is 0 Å². The number of carbonyl (C=O) groups is 2. The largest absolute Gasteiger partial charge is 0.448 e. The number of hydrogen-bond acceptors (Lipinski definition) is 3. The number of piperidine rings is 2. The van der Waals surface area contributed by atoms with Gasteiger partial charge in [-0.25, -0.2) is 9.18 Å². The van der Waals surface area contributed by atoms with Gasteiger partial charge in [-0.2, -0.15) is 13.2 Å². The number of Topliss-reactive ketones (excluding diaryl/α,β-unsaturated/α-hetero) is 1. The maximum Gasteiger partial charge on any atom is 0.416 e. The van der Waals surface area contributed by atoms with Crippen LogP contribution in [0.4, 0.5) is 22.4 Å². The maximum atomic E-state index is 14.0. The van der Waals surface area contributed by atoms with E-state index >= 15 is 0 Å². The molecule has 2 aliphatic heterocycles. The Kier molecular flexibility index (Phi) is 6.44. The number of nitrogens with zero attached hydrogens (tertiary/aromatic N) is 1. The molecule has 0 N–H and O–H groups in total. The van der Waals surface area contributed by atoms with Gasteiger partial charge in [0.2, 0.25) is 0 Å². The Morgan fingerprint density at radius 2 is 1.46 bits per heavy atom. The summed E-state index contributed by atoms with van der Waals surface area (Å²) in [6.07, 6.45) is -2.29. The molecule has 2 fully saturated rings. The zero-order valence-corrected chi connectivity index (χ0v) is 21.1. The lowest BCUT2D eigenvalue weighted by molar-refractivity contribution is -0.137. The number of benzene rings is 3. The molecule has 6 rings (SSSR count). The van der Waals surface area contributed by atoms with Crippen molar-refractivity contribution in [3.8, 4) is 11.1 Å². The first kappa shape index (κ1) is 25.6. The van der Waals surface area contributed by atoms with Crippen molar-refractivity contribution in [1.82, 2.24) is 4.90 Å². The number of rotatable bonds is 4. The van der Waals surface area contributed by atoms with Crippen LogP contribution in [0.1, 0.15) is 65.1 Å². The topological polar surface area (TPSA) is 46.6 Å². The van der Waals surface area contributed by atoms with E-state index < -0.39 is 35.4 Å². The predicted molar refractivity (Wildman–Crippen MR) is 137 cm³/mol. The summed E-state index contributed by atoms with van der Waals surface area (Å²) >= 11 is 0. The van der Waals surface area contributed by atoms with Crippen molar-refractivity contribution in [3.63, 3.8) is 0 Å². The summed E-state index contributed by atoms with van der Waals surface area (Å²) < 4.78 is 59.4. The van der Waals surface area contributed by atoms with Crippen LogP contribution in [0.5, 0.6) is 0 Å². The van der Waals surface area contributed by atoms with Crippen LogP contribution in [-0.2, 0) is 10.9 Å². The summed E-state index contributed by atoms with van der Waals surface area (Å²) in [5.74, 6) is -2.26. The molecule has 8 heteroatoms. The minimum Gasteiger partial charge on any atom is -0.448 e. The van der Waals surface area contributed by atoms with Crippen molar-refractivity contribution >= 4 is 11.9 Å². The van der Waals surface area contributed by atoms with Crippen LogP contribution >= 0.6 is 0 Å². The number of amides is 1. The van der Waals surface area contributed by atoms with Crippen molar-refractivity contribution in [2.24, 2.45) is 5.92 Å². The van der Waals surface area contributed by atoms with Gasteiger partial charge in [0.25, 0.3) is 0 Å². The molecule has 0 spiro atoms. The number of ether oxygens (including phenoxy) is 1. The van der Waals surface area contributed by atoms with Gasteiger partial charge in [-0.15, -0.1) is 0 Å². The van der Waals surface area contributed by atoms with Gasteiger partial charge < -0.3 is 9.64 Å². The van der Waals surface area contributed by atoms with E-state index in [-0.39, 0.29) is 30.2 Å². The van der Waals surface area contributed by atoms with E-state index in [0.29, 0.717) is 31.7 Å². The highest BCUT2D eigenvalue weighted by molar-refractivity contribution is 5.98. The third-order valence-corrected chi connectivity index (χ3v) is 8.40. The van der Waals surface area contributed by atoms with Gasteiger partial charge in [0.15, 0.2) is 5.78 Å². The molecule has 3 aromatic carbocycles. The van der Waals surface area contributed by atoms with E-state index in [1.54, 1.807) is 4.90 Å². The van der Waals surface area contributed by atoms with Gasteiger partial charge in [0.1, 0.15) is 12.4 Å². The zero-order chi connectivity index (χ0) is 27.3. The van der Waals surface area contributed by atoms with E-state index in [4.69, 9.17) is 4.74 Å². The molecule has 2 saturated heterocycles. The summed E-state index contributed by atoms with van der Waals surface area (Å²) in [5, 5.41) is 0. The van der Waals surface area contributed by atoms with Gasteiger partial charge in [-0.05, 0) is 72.6 Å². The van der Waals surface area contributed by atoms with Crippen molar-refractivity contribution < 1.29 is 31.9 Å². The van der Waals surface area contributed by atoms with Crippen LogP contribution in [0, 0.1) is 11.7 Å². The van der Waals surface area contributed by atoms with E-state index in [1.807, 2.05) is 24.3 Å². The van der Waals surface area contributed by atoms with Crippen LogP contribution in [0.3, 0.4) is 0 Å². The van der Waals surface area contributed by atoms with Crippen LogP contribution in [0.2, 0.25) is 0 Å². The lowest BCUT2D eigenvalue weighted by Gasteiger charge is -2.47. The quantitative estimate of drug-likeness (QED) is 0.254. The molecule has 1 amide bonds. The Morgan fingerprint density at radius 3 is 2.05 bits per heavy atom. The number of fused-ring (bicyclic) bond motifs is 5. The molecule has 2 bridgehead atoms. The highest BCUT2D eigenvalue weighted by Crippen LogP contribution is 2.45. The third kappa shape index (κ3) is 4.70. The molecular weight excluding hydrogens is 510 g/mol. The second-order valence-corrected chi connectivity index (χ2v) is 10.7. The summed E-state index contributed by atoms with van der Waals surface area (Å²) in [4.78, 5) is 28.3. The summed E-state index contributed by atoms with van der Waals surface area (Å²) in [6, 6.07) is 17.6. The predicted octanol–water partition coefficient (Wildman–Crippen LogP) is 7.61. The number of carbonyl (C=O) groups excluding carboxylic acids is 2. The molecule has 1 aliphatic carbocycles. The van der Waals surface area contributed by atoms with Gasteiger partial charge in [-0.1, -0.05) is 48.5 Å². The molecule has 2 heterocycles. The lowest BCUT2D eigenvalue weighted by atomic mass is 9.75. The normalized spacial score (nSPS) is 22.3. The monoisotopic (exact) mass is 537 g/mol. The molecule has 3 aliphatic rings. The second-order valence-electron chi connectivity index (χ2n) is 10.7. The first-order chi connectivity index (χ1) is 18.7. The van der Waals surface area contributed by atoms with Crippen molar-refractivity contribution in [2.45, 2.75) is 56.3 Å². The first-order valence-electron chi connectivity index (χ1n) is 13.3. The van der Waals surface area contributed by atoms with Crippen LogP contribution in [0.15, 0.2) is 66.7 Å². The Balaban J connectivity index is 1.17. The van der Waals surface area contributed by atoms with Crippen LogP contribution < -0.4 is 0 Å². The van der Waals surface area contributed by atoms with E-state index in [9.17, 15) is 27.2 Å². The Hall–Kier alpha value is -3.68. The smallest absolute Gasteiger partial charge is 0.416 e. The minimum absolute atomic E-state index is 0.0730. The standard InChI is InChI=1S/C31H27F4NO3/c32-21-13-18(12-20(16-21)31(33,34)35)29(37)19-14-22-6-5-7-23(15-19)36(22)30(38)39-17-28-26-10-3-1-8-24(26)25-9-2-4-11-27(25)28/h1-4,8-13,16,19,22-23,28H,5-7,14-15,17H2. The lowest BCUT2D eigenvalue weighted by Crippen LogP contribution is -2.55. The Morgan fingerprint density at radius 1 is 0.872 bits per heavy atom. The fourth-order valence-corrected chi connectivity index (χ4v) is 6.69. The van der Waals surface area contributed by atoms with Gasteiger partial charge >= 0.3 is 12.3 Å². The first-order valence-corrected chi connectivity index (χ1v) is 13.3. The minimum atomic E-state index is -4.75. The molecule has 0 aromatic heterocycles. The molecule has 2 unspecified atom stereocenters. The highest BCUT2D eigenvalue weighted by Gasteiger charge is 2.44. The molecule has 0 saturated carbocycles. The molecule has 3 aromatic rings. The zero-order valence-electron chi connectivity index (χ0n) is 21.1. The molecule has 2 atom stereocenters. The summed E-state index contributed by atoms with van der Waals surface area (Å²) in [6.45, 7) is 0.189. The van der Waals surface area contributed by atoms with Crippen LogP contribution in [0.25, 0.3) is 11.1 Å². The molecule has 202 valence electrons. The van der Waals surface area contributed by atoms with Gasteiger partial charge in [0, 0.05) is 29.5 Å². The Bertz CT molecular complexity index is 1380. The maximum absolute atomic E-state index is 14.0. The number of alkyl halides is 3. The van der Waals surface area contributed by atoms with Crippen LogP contribution in [-0.4, -0.2) is 35.5 Å². The van der Waals surface area contributed by atoms with Gasteiger partial charge in [0.05, 0.1) is 5.56 Å². The van der Waals surface area contributed by atoms with E-state index in [2.05, 4.69) is 24.3 Å². The number of halogens is 4. The fraction of sp³-hybridized carbons (Fsp3) is 0.355. The summed E-state index contributed by atoms with van der Waals surface area (Å²) in [7, 11) is 0. The SMILES string of the molecule is O=C(c1cc(F)cc(C(F)(F)F)c1)C1CC2CCCC(C1)N2C(=O)OCC1c2ccccc2-c2ccccc21. The third-order valence-electron chi connectivity index (χ3n) is 8.40. The highest BCUT2D eigenvalue weighted by atomic mass is 19.4. The number of hydrogen-bond donors (Lipinski definition) is 0. The second kappa shape index (κ2) is 9.81. The molecule has 0 radical (unpaired) electrons. The van der Waals surface area contributed by atoms with Crippen molar-refractivity contribution in [2.75, 3.05) is 6.61 Å². The fourth-order valence-electron chi connectivity index (χ4n) is 6.69. The number of ketones is 1.